The minimum atomic E-state index is -0.417. The first-order chi connectivity index (χ1) is 9.56. The molecule has 2 aromatic rings. The number of carbonyl (C=O) groups is 1. The van der Waals surface area contributed by atoms with Gasteiger partial charge in [0.15, 0.2) is 0 Å². The lowest BCUT2D eigenvalue weighted by Crippen LogP contribution is -2.28. The maximum atomic E-state index is 11.7. The van der Waals surface area contributed by atoms with Gasteiger partial charge in [-0.1, -0.05) is 23.7 Å². The SMILES string of the molecule is Nc1ccc(O)c(CNC(=O)Nc2ccccc2Cl)c1. The van der Waals surface area contributed by atoms with Crippen molar-refractivity contribution < 1.29 is 9.90 Å². The molecule has 104 valence electrons. The lowest BCUT2D eigenvalue weighted by atomic mass is 10.2. The third-order valence-electron chi connectivity index (χ3n) is 2.67. The summed E-state index contributed by atoms with van der Waals surface area (Å²) in [6, 6.07) is 11.2. The number of benzene rings is 2. The maximum Gasteiger partial charge on any atom is 0.319 e. The van der Waals surface area contributed by atoms with Gasteiger partial charge in [0.05, 0.1) is 10.7 Å². The first-order valence-corrected chi connectivity index (χ1v) is 6.31. The number of aromatic hydroxyl groups is 1. The maximum absolute atomic E-state index is 11.7. The van der Waals surface area contributed by atoms with Crippen LogP contribution in [0.25, 0.3) is 0 Å². The number of halogens is 1. The molecule has 0 atom stereocenters. The number of nitrogens with one attached hydrogen (secondary N) is 2. The number of hydrogen-bond acceptors (Lipinski definition) is 3. The summed E-state index contributed by atoms with van der Waals surface area (Å²) < 4.78 is 0. The van der Waals surface area contributed by atoms with E-state index in [1.54, 1.807) is 36.4 Å². The standard InChI is InChI=1S/C14H14ClN3O2/c15-11-3-1-2-4-12(11)18-14(20)17-8-9-7-10(16)5-6-13(9)19/h1-7,19H,8,16H2,(H2,17,18,20). The third-order valence-corrected chi connectivity index (χ3v) is 2.99. The molecule has 5 nitrogen and oxygen atoms in total. The summed E-state index contributed by atoms with van der Waals surface area (Å²) in [6.07, 6.45) is 0. The van der Waals surface area contributed by atoms with Crippen LogP contribution < -0.4 is 16.4 Å². The Morgan fingerprint density at radius 2 is 2.00 bits per heavy atom. The van der Waals surface area contributed by atoms with Gasteiger partial charge < -0.3 is 21.5 Å². The molecule has 0 aliphatic rings. The van der Waals surface area contributed by atoms with Crippen LogP contribution >= 0.6 is 11.6 Å². The second-order valence-electron chi connectivity index (χ2n) is 4.18. The van der Waals surface area contributed by atoms with Crippen molar-refractivity contribution in [3.05, 3.63) is 53.1 Å². The van der Waals surface area contributed by atoms with E-state index in [1.807, 2.05) is 0 Å². The van der Waals surface area contributed by atoms with Gasteiger partial charge in [0.1, 0.15) is 5.75 Å². The highest BCUT2D eigenvalue weighted by Gasteiger charge is 2.06. The van der Waals surface area contributed by atoms with Gasteiger partial charge in [-0.05, 0) is 30.3 Å². The lowest BCUT2D eigenvalue weighted by molar-refractivity contribution is 0.251. The second kappa shape index (κ2) is 6.16. The average molecular weight is 292 g/mol. The topological polar surface area (TPSA) is 87.4 Å². The Kier molecular flexibility index (Phi) is 4.32. The monoisotopic (exact) mass is 291 g/mol. The van der Waals surface area contributed by atoms with E-state index in [0.29, 0.717) is 22.0 Å². The molecule has 0 saturated heterocycles. The van der Waals surface area contributed by atoms with Crippen LogP contribution in [0.1, 0.15) is 5.56 Å². The summed E-state index contributed by atoms with van der Waals surface area (Å²) in [7, 11) is 0. The van der Waals surface area contributed by atoms with Crippen LogP contribution in [-0.2, 0) is 6.54 Å². The van der Waals surface area contributed by atoms with E-state index < -0.39 is 6.03 Å². The number of hydrogen-bond donors (Lipinski definition) is 4. The fourth-order valence-electron chi connectivity index (χ4n) is 1.65. The zero-order valence-corrected chi connectivity index (χ0v) is 11.3. The second-order valence-corrected chi connectivity index (χ2v) is 4.58. The number of amides is 2. The van der Waals surface area contributed by atoms with E-state index in [2.05, 4.69) is 10.6 Å². The third kappa shape index (κ3) is 3.55. The van der Waals surface area contributed by atoms with Crippen molar-refractivity contribution in [3.63, 3.8) is 0 Å². The Balaban J connectivity index is 1.96. The van der Waals surface area contributed by atoms with Crippen molar-refractivity contribution in [1.29, 1.82) is 0 Å². The number of rotatable bonds is 3. The van der Waals surface area contributed by atoms with Gasteiger partial charge in [0, 0.05) is 17.8 Å². The molecule has 2 amide bonds. The summed E-state index contributed by atoms with van der Waals surface area (Å²) in [4.78, 5) is 11.7. The molecule has 0 spiro atoms. The molecule has 0 aliphatic heterocycles. The first-order valence-electron chi connectivity index (χ1n) is 5.93. The number of anilines is 2. The van der Waals surface area contributed by atoms with Gasteiger partial charge in [-0.2, -0.15) is 0 Å². The molecule has 2 rings (SSSR count). The summed E-state index contributed by atoms with van der Waals surface area (Å²) in [5.41, 5.74) is 7.20. The minimum absolute atomic E-state index is 0.0808. The smallest absolute Gasteiger partial charge is 0.319 e. The highest BCUT2D eigenvalue weighted by molar-refractivity contribution is 6.33. The molecule has 0 saturated carbocycles. The number of phenolic OH excluding ortho intramolecular Hbond substituents is 1. The number of phenols is 1. The van der Waals surface area contributed by atoms with Crippen LogP contribution in [0.15, 0.2) is 42.5 Å². The molecule has 2 aromatic carbocycles. The number of para-hydroxylation sites is 1. The Morgan fingerprint density at radius 1 is 1.25 bits per heavy atom. The fraction of sp³-hybridized carbons (Fsp3) is 0.0714. The molecule has 0 bridgehead atoms. The largest absolute Gasteiger partial charge is 0.508 e. The minimum Gasteiger partial charge on any atom is -0.508 e. The van der Waals surface area contributed by atoms with Crippen LogP contribution in [0.5, 0.6) is 5.75 Å². The Morgan fingerprint density at radius 3 is 2.75 bits per heavy atom. The zero-order chi connectivity index (χ0) is 14.5. The van der Waals surface area contributed by atoms with Gasteiger partial charge in [-0.3, -0.25) is 0 Å². The van der Waals surface area contributed by atoms with Gasteiger partial charge in [0.25, 0.3) is 0 Å². The molecule has 0 unspecified atom stereocenters. The van der Waals surface area contributed by atoms with Gasteiger partial charge in [-0.25, -0.2) is 4.79 Å². The molecule has 5 N–H and O–H groups in total. The first kappa shape index (κ1) is 14.0. The van der Waals surface area contributed by atoms with Gasteiger partial charge in [0.2, 0.25) is 0 Å². The lowest BCUT2D eigenvalue weighted by Gasteiger charge is -2.10. The molecule has 0 aromatic heterocycles. The van der Waals surface area contributed by atoms with E-state index in [4.69, 9.17) is 17.3 Å². The highest BCUT2D eigenvalue weighted by atomic mass is 35.5. The molecule has 20 heavy (non-hydrogen) atoms. The van der Waals surface area contributed by atoms with E-state index in [1.165, 1.54) is 6.07 Å². The quantitative estimate of drug-likeness (QED) is 0.518. The predicted octanol–water partition coefficient (Wildman–Crippen LogP) is 2.95. The molecule has 6 heteroatoms. The summed E-state index contributed by atoms with van der Waals surface area (Å²) in [6.45, 7) is 0.160. The van der Waals surface area contributed by atoms with E-state index in [0.717, 1.165) is 0 Å². The van der Waals surface area contributed by atoms with Crippen molar-refractivity contribution in [1.82, 2.24) is 5.32 Å². The summed E-state index contributed by atoms with van der Waals surface area (Å²) in [5, 5.41) is 15.3. The number of carbonyl (C=O) groups excluding carboxylic acids is 1. The van der Waals surface area contributed by atoms with Crippen molar-refractivity contribution in [2.45, 2.75) is 6.54 Å². The van der Waals surface area contributed by atoms with Crippen LogP contribution in [0.3, 0.4) is 0 Å². The van der Waals surface area contributed by atoms with Crippen molar-refractivity contribution in [2.24, 2.45) is 0 Å². The van der Waals surface area contributed by atoms with Crippen molar-refractivity contribution in [3.8, 4) is 5.75 Å². The van der Waals surface area contributed by atoms with Gasteiger partial charge >= 0.3 is 6.03 Å². The predicted molar refractivity (Wildman–Crippen MR) is 79.8 cm³/mol. The zero-order valence-electron chi connectivity index (χ0n) is 10.6. The summed E-state index contributed by atoms with van der Waals surface area (Å²) in [5.74, 6) is 0.0808. The van der Waals surface area contributed by atoms with Crippen LogP contribution in [-0.4, -0.2) is 11.1 Å². The highest BCUT2D eigenvalue weighted by Crippen LogP contribution is 2.21. The van der Waals surface area contributed by atoms with Gasteiger partial charge in [-0.15, -0.1) is 0 Å². The normalized spacial score (nSPS) is 10.1. The number of nitrogen functional groups attached to an aromatic ring is 1. The van der Waals surface area contributed by atoms with Crippen LogP contribution in [0, 0.1) is 0 Å². The van der Waals surface area contributed by atoms with Crippen LogP contribution in [0.4, 0.5) is 16.2 Å². The Bertz CT molecular complexity index is 632. The molecule has 0 aliphatic carbocycles. The molecule has 0 radical (unpaired) electrons. The molecule has 0 heterocycles. The molecular formula is C14H14ClN3O2. The molecule has 0 fully saturated rings. The Hall–Kier alpha value is -2.40. The van der Waals surface area contributed by atoms with E-state index >= 15 is 0 Å². The average Bonchev–Trinajstić information content (AvgIpc) is 2.42. The van der Waals surface area contributed by atoms with Crippen molar-refractivity contribution in [2.75, 3.05) is 11.1 Å². The fourth-order valence-corrected chi connectivity index (χ4v) is 1.83. The summed E-state index contributed by atoms with van der Waals surface area (Å²) >= 11 is 5.93. The van der Waals surface area contributed by atoms with Crippen molar-refractivity contribution >= 4 is 29.0 Å². The van der Waals surface area contributed by atoms with E-state index in [-0.39, 0.29) is 12.3 Å². The number of urea groups is 1. The van der Waals surface area contributed by atoms with E-state index in [9.17, 15) is 9.90 Å². The molecular weight excluding hydrogens is 278 g/mol. The van der Waals surface area contributed by atoms with Crippen LogP contribution in [0.2, 0.25) is 5.02 Å². The Labute approximate surface area is 121 Å². The number of nitrogens with two attached hydrogens (primary N) is 1.